The first kappa shape index (κ1) is 96.8. The predicted octanol–water partition coefficient (Wildman–Crippen LogP) is 14.6. The Labute approximate surface area is 679 Å². The van der Waals surface area contributed by atoms with Crippen molar-refractivity contribution >= 4 is 95.4 Å². The number of alkyl halides is 12. The number of aromatic amines is 2. The van der Waals surface area contributed by atoms with Crippen molar-refractivity contribution in [1.82, 2.24) is 28.7 Å². The van der Waals surface area contributed by atoms with Gasteiger partial charge in [-0.2, -0.15) is 39.5 Å². The highest BCUT2D eigenvalue weighted by atomic mass is 32.1. The quantitative estimate of drug-likeness (QED) is 0.00802. The average molecular weight is 1810 g/mol. The molecule has 3 aliphatic rings. The summed E-state index contributed by atoms with van der Waals surface area (Å²) in [7, 11) is -13.0. The molecule has 648 valence electrons. The van der Waals surface area contributed by atoms with Gasteiger partial charge in [-0.1, -0.05) is 87.6 Å². The summed E-state index contributed by atoms with van der Waals surface area (Å²) in [4.78, 5) is 56.5. The fraction of sp³-hybridized carbons (Fsp3) is 0.522. The third-order valence-electron chi connectivity index (χ3n) is 17.0. The molecule has 3 aromatic heterocycles. The fourth-order valence-electron chi connectivity index (χ4n) is 11.3. The predicted molar refractivity (Wildman–Crippen MR) is 401 cm³/mol. The summed E-state index contributed by atoms with van der Waals surface area (Å²) in [5.74, 6) is -5.12. The van der Waals surface area contributed by atoms with Gasteiger partial charge in [-0.25, -0.2) is 31.9 Å². The number of aliphatic hydroxyl groups excluding tert-OH is 3. The molecule has 0 radical (unpaired) electrons. The number of nitrogen functional groups attached to an aromatic ring is 1. The van der Waals surface area contributed by atoms with E-state index in [-0.39, 0.29) is 32.5 Å². The second-order valence-electron chi connectivity index (χ2n) is 27.4. The summed E-state index contributed by atoms with van der Waals surface area (Å²) in [5, 5.41) is 31.4. The van der Waals surface area contributed by atoms with Crippen molar-refractivity contribution in [2.75, 3.05) is 44.0 Å². The molecule has 7 N–H and O–H groups in total. The SMILES string of the molecule is CC(C)OC(=O)[C@H](C)CP(=O)(OC[C@H]1O[C@@H](n2ccc(=O)[nH]c2=S)C(F)(C(F)(F)F)[C@H]1O)Oc1ccccc1.CC(C)OC(=O)[C@H](C)CP(=O)(OC[C@H]1O[C@@H](n2ccc(=S)[nH]c2=S)C(F)(C(F)(F)F)[C@H]1O)Oc1ccccc1.CC(C)OC(=O)[C@H](C)CP(=O)(OC[C@H]1O[C@@H](n2ccc(N)nc2=S)C(F)(C(F)(F)F)[C@H]1O)Oc1ccccc1. The normalized spacial score (nSPS) is 25.7. The standard InChI is InChI=1S/C23H28F4N3O7PS.C23H27F4N2O8PS.C23H27F4N2O7PS2/c1-13(2)35-19(32)14(3)12-38(33,37-15-7-5-4-6-8-15)34-11-16-18(31)22(24,23(25,26)27)20(36-16)30-10-9-17(28)29-21(30)39;1-13(2)35-19(32)14(3)12-38(33,37-15-7-5-4-6-8-15)34-11-16-18(31)22(24,23(25,26)27)20(36-16)29-10-9-17(30)28-21(29)39;1-13(2)34-19(31)14(3)12-37(32,36-15-7-5-4-6-8-15)33-11-16-18(30)22(24,23(25,26)27)20(35-16)29-10-9-17(38)28-21(29)39/h4-10,13-14,16,18,20,31H,11-12H2,1-3H3,(H2,28,29,39);4-10,13-14,16,18,20,31H,11-12H2,1-3H3,(H,28,30,39);4-10,13-14,16,18,20,30H,11-12H2,1-3H3,(H,28,38,39)/t2*14-,16-,18+,20-,22?,38?;14-,16-,18+,20-,22?,37?/m111/s1. The van der Waals surface area contributed by atoms with Crippen molar-refractivity contribution in [2.45, 2.75) is 171 Å². The van der Waals surface area contributed by atoms with Crippen LogP contribution >= 0.6 is 71.7 Å². The molecule has 18 atom stereocenters. The minimum Gasteiger partial charge on any atom is -0.463 e. The Balaban J connectivity index is 0.000000242. The van der Waals surface area contributed by atoms with Gasteiger partial charge in [0.1, 0.15) is 64.3 Å². The van der Waals surface area contributed by atoms with Crippen LogP contribution in [0.25, 0.3) is 0 Å². The van der Waals surface area contributed by atoms with Crippen LogP contribution < -0.4 is 24.9 Å². The number of nitrogens with two attached hydrogens (primary N) is 1. The van der Waals surface area contributed by atoms with Gasteiger partial charge in [0.15, 0.2) is 28.2 Å². The summed E-state index contributed by atoms with van der Waals surface area (Å²) in [6.45, 7) is 10.9. The number of carbonyl (C=O) groups is 3. The highest BCUT2D eigenvalue weighted by Gasteiger charge is 2.75. The van der Waals surface area contributed by atoms with Gasteiger partial charge in [0.05, 0.1) is 74.4 Å². The van der Waals surface area contributed by atoms with Crippen LogP contribution in [0.4, 0.5) is 58.5 Å². The van der Waals surface area contributed by atoms with E-state index in [2.05, 4.69) is 15.0 Å². The Morgan fingerprint density at radius 3 is 1.03 bits per heavy atom. The maximum absolute atomic E-state index is 15.7. The molecular weight excluding hydrogens is 1730 g/mol. The number of hydrogen-bond acceptors (Lipinski definition) is 28. The van der Waals surface area contributed by atoms with Gasteiger partial charge in [0.25, 0.3) is 22.6 Å². The highest BCUT2D eigenvalue weighted by molar-refractivity contribution is 7.72. The Morgan fingerprint density at radius 2 is 0.761 bits per heavy atom. The van der Waals surface area contributed by atoms with Gasteiger partial charge in [0.2, 0.25) is 4.77 Å². The van der Waals surface area contributed by atoms with E-state index in [4.69, 9.17) is 110 Å². The van der Waals surface area contributed by atoms with E-state index in [1.54, 1.807) is 96.1 Å². The van der Waals surface area contributed by atoms with Crippen molar-refractivity contribution < 1.29 is 152 Å². The Hall–Kier alpha value is -7.32. The lowest BCUT2D eigenvalue weighted by molar-refractivity contribution is -0.274. The lowest BCUT2D eigenvalue weighted by Gasteiger charge is -2.31. The number of anilines is 1. The van der Waals surface area contributed by atoms with Gasteiger partial charge in [0, 0.05) is 24.7 Å². The number of ether oxygens (including phenoxy) is 6. The molecule has 6 unspecified atom stereocenters. The number of para-hydroxylation sites is 3. The van der Waals surface area contributed by atoms with Gasteiger partial charge in [-0.15, -0.1) is 0 Å². The molecule has 9 rings (SSSR count). The van der Waals surface area contributed by atoms with Gasteiger partial charge in [-0.3, -0.25) is 51.4 Å². The molecule has 117 heavy (non-hydrogen) atoms. The zero-order valence-electron chi connectivity index (χ0n) is 63.0. The van der Waals surface area contributed by atoms with Crippen LogP contribution in [0.15, 0.2) is 133 Å². The van der Waals surface area contributed by atoms with Crippen LogP contribution in [0.1, 0.15) is 81.0 Å². The second-order valence-corrected chi connectivity index (χ2v) is 35.1. The molecule has 48 heteroatoms. The first-order valence-corrected chi connectivity index (χ1v) is 41.8. The van der Waals surface area contributed by atoms with Crippen LogP contribution in [-0.4, -0.2) is 191 Å². The van der Waals surface area contributed by atoms with Crippen molar-refractivity contribution in [3.63, 3.8) is 0 Å². The van der Waals surface area contributed by atoms with Crippen LogP contribution in [0.5, 0.6) is 17.2 Å². The molecule has 3 aliphatic heterocycles. The molecule has 3 fully saturated rings. The zero-order valence-corrected chi connectivity index (χ0v) is 69.0. The van der Waals surface area contributed by atoms with Crippen LogP contribution in [0, 0.1) is 36.7 Å². The summed E-state index contributed by atoms with van der Waals surface area (Å²) < 4.78 is 278. The molecule has 0 amide bonds. The van der Waals surface area contributed by atoms with Gasteiger partial charge >= 0.3 is 59.2 Å². The number of hydrogen-bond donors (Lipinski definition) is 6. The molecule has 6 heterocycles. The number of nitrogens with one attached hydrogen (secondary N) is 2. The van der Waals surface area contributed by atoms with Gasteiger partial charge in [-0.05, 0) is 127 Å². The Bertz CT molecular complexity index is 4650. The Morgan fingerprint density at radius 1 is 0.479 bits per heavy atom. The molecule has 3 aromatic carbocycles. The number of esters is 3. The average Bonchev–Trinajstić information content (AvgIpc) is 1.60. The first-order valence-electron chi connectivity index (χ1n) is 35.0. The fourth-order valence-corrected chi connectivity index (χ4v) is 17.9. The lowest BCUT2D eigenvalue weighted by Crippen LogP contribution is -2.54. The topological polar surface area (TPSA) is 376 Å². The second kappa shape index (κ2) is 39.5. The molecule has 0 saturated carbocycles. The van der Waals surface area contributed by atoms with E-state index in [1.807, 2.05) is 0 Å². The number of halogens is 12. The van der Waals surface area contributed by atoms with Gasteiger partial charge < -0.3 is 68.0 Å². The maximum atomic E-state index is 15.7. The van der Waals surface area contributed by atoms with Crippen LogP contribution in [-0.2, 0) is 70.1 Å². The summed E-state index contributed by atoms with van der Waals surface area (Å²) in [6, 6.07) is 26.0. The number of nitrogens with zero attached hydrogens (tertiary/aromatic N) is 4. The summed E-state index contributed by atoms with van der Waals surface area (Å²) >= 11 is 19.6. The van der Waals surface area contributed by atoms with Crippen molar-refractivity contribution in [2.24, 2.45) is 17.8 Å². The molecule has 3 saturated heterocycles. The number of aromatic nitrogens is 6. The third kappa shape index (κ3) is 24.1. The third-order valence-corrected chi connectivity index (χ3v) is 24.2. The minimum atomic E-state index is -5.66. The van der Waals surface area contributed by atoms with Crippen LogP contribution in [0.3, 0.4) is 0 Å². The largest absolute Gasteiger partial charge is 0.463 e. The molecule has 29 nitrogen and oxygen atoms in total. The van der Waals surface area contributed by atoms with Crippen LogP contribution in [0.2, 0.25) is 0 Å². The van der Waals surface area contributed by atoms with E-state index in [9.17, 15) is 87.7 Å². The van der Waals surface area contributed by atoms with E-state index < -0.39 is 221 Å². The van der Waals surface area contributed by atoms with E-state index in [1.165, 1.54) is 63.2 Å². The maximum Gasteiger partial charge on any atom is 0.429 e. The monoisotopic (exact) mass is 1810 g/mol. The molecule has 6 aromatic rings. The number of aliphatic hydroxyl groups is 3. The molecule has 0 aliphatic carbocycles. The minimum absolute atomic E-state index is 0.0608. The van der Waals surface area contributed by atoms with Crippen molar-refractivity contribution in [3.8, 4) is 17.2 Å². The number of carbonyl (C=O) groups excluding carboxylic acids is 3. The van der Waals surface area contributed by atoms with Crippen molar-refractivity contribution in [3.05, 3.63) is 157 Å². The molecular formula is C69H82F12N7O22P3S4. The first-order chi connectivity index (χ1) is 54.2. The summed E-state index contributed by atoms with van der Waals surface area (Å²) in [5.41, 5.74) is -8.34. The summed E-state index contributed by atoms with van der Waals surface area (Å²) in [6.07, 6.45) is -39.2. The highest BCUT2D eigenvalue weighted by Crippen LogP contribution is 2.59. The van der Waals surface area contributed by atoms with Crippen molar-refractivity contribution in [1.29, 1.82) is 0 Å². The molecule has 0 bridgehead atoms. The van der Waals surface area contributed by atoms with E-state index in [0.29, 0.717) is 13.7 Å². The smallest absolute Gasteiger partial charge is 0.429 e. The number of benzene rings is 3. The number of H-pyrrole nitrogens is 2. The number of rotatable bonds is 30. The zero-order chi connectivity index (χ0) is 87.5. The molecule has 0 spiro atoms. The van der Waals surface area contributed by atoms with E-state index >= 15 is 13.2 Å². The lowest BCUT2D eigenvalue weighted by atomic mass is 9.95. The van der Waals surface area contributed by atoms with E-state index in [0.717, 1.165) is 30.7 Å². The Kier molecular flexibility index (Phi) is 32.7.